The van der Waals surface area contributed by atoms with Crippen LogP contribution in [0.3, 0.4) is 0 Å². The van der Waals surface area contributed by atoms with E-state index in [1.54, 1.807) is 23.0 Å². The van der Waals surface area contributed by atoms with Crippen molar-refractivity contribution in [1.29, 1.82) is 0 Å². The number of carbonyl (C=O) groups excluding carboxylic acids is 1. The first-order valence-electron chi connectivity index (χ1n) is 6.90. The summed E-state index contributed by atoms with van der Waals surface area (Å²) < 4.78 is 2.56. The lowest BCUT2D eigenvalue weighted by molar-refractivity contribution is 0.0937. The Morgan fingerprint density at radius 3 is 2.74 bits per heavy atom. The summed E-state index contributed by atoms with van der Waals surface area (Å²) in [5, 5.41) is 14.6. The van der Waals surface area contributed by atoms with Crippen LogP contribution < -0.4 is 5.32 Å². The van der Waals surface area contributed by atoms with E-state index in [9.17, 15) is 4.79 Å². The lowest BCUT2D eigenvalue weighted by Crippen LogP contribution is -2.28. The van der Waals surface area contributed by atoms with Gasteiger partial charge in [-0.15, -0.1) is 5.10 Å². The molecular formula is C15H13BrN6O. The minimum atomic E-state index is -0.360. The molecule has 0 bridgehead atoms. The van der Waals surface area contributed by atoms with Crippen LogP contribution in [0.2, 0.25) is 0 Å². The molecule has 0 saturated heterocycles. The van der Waals surface area contributed by atoms with Crippen LogP contribution in [0.5, 0.6) is 0 Å². The van der Waals surface area contributed by atoms with Crippen LogP contribution in [0.4, 0.5) is 0 Å². The summed E-state index contributed by atoms with van der Waals surface area (Å²) in [4.78, 5) is 16.1. The Morgan fingerprint density at radius 1 is 1.26 bits per heavy atom. The monoisotopic (exact) mass is 372 g/mol. The van der Waals surface area contributed by atoms with E-state index >= 15 is 0 Å². The fourth-order valence-electron chi connectivity index (χ4n) is 2.07. The molecule has 23 heavy (non-hydrogen) atoms. The molecule has 2 heterocycles. The molecule has 0 saturated carbocycles. The number of halogens is 1. The topological polar surface area (TPSA) is 85.6 Å². The van der Waals surface area contributed by atoms with Gasteiger partial charge in [-0.05, 0) is 53.7 Å². The highest BCUT2D eigenvalue weighted by atomic mass is 79.9. The average Bonchev–Trinajstić information content (AvgIpc) is 3.06. The van der Waals surface area contributed by atoms with Gasteiger partial charge in [0, 0.05) is 16.9 Å². The number of rotatable bonds is 4. The van der Waals surface area contributed by atoms with E-state index in [2.05, 4.69) is 41.8 Å². The zero-order valence-electron chi connectivity index (χ0n) is 12.2. The Kier molecular flexibility index (Phi) is 4.42. The molecule has 1 aromatic carbocycles. The second-order valence-corrected chi connectivity index (χ2v) is 5.78. The molecule has 3 aromatic rings. The first-order valence-corrected chi connectivity index (χ1v) is 7.69. The molecule has 1 N–H and O–H groups in total. The maximum atomic E-state index is 12.2. The molecule has 0 aliphatic carbocycles. The molecule has 116 valence electrons. The number of carbonyl (C=O) groups is 1. The van der Waals surface area contributed by atoms with Crippen molar-refractivity contribution in [2.75, 3.05) is 0 Å². The van der Waals surface area contributed by atoms with Crippen molar-refractivity contribution < 1.29 is 4.79 Å². The van der Waals surface area contributed by atoms with Crippen molar-refractivity contribution >= 4 is 21.8 Å². The van der Waals surface area contributed by atoms with Crippen LogP contribution in [-0.2, 0) is 0 Å². The summed E-state index contributed by atoms with van der Waals surface area (Å²) >= 11 is 3.39. The molecule has 2 aromatic heterocycles. The van der Waals surface area contributed by atoms with Crippen molar-refractivity contribution in [2.24, 2.45) is 0 Å². The number of aromatic nitrogens is 5. The zero-order valence-corrected chi connectivity index (χ0v) is 13.8. The van der Waals surface area contributed by atoms with E-state index in [4.69, 9.17) is 0 Å². The van der Waals surface area contributed by atoms with E-state index in [-0.39, 0.29) is 11.9 Å². The standard InChI is InChI=1S/C15H13BrN6O/c1-10(18-15(23)11-3-2-8-17-9-11)14-19-20-21-22(14)13-6-4-12(16)5-7-13/h2-10H,1H3,(H,18,23). The van der Waals surface area contributed by atoms with Gasteiger partial charge in [0.2, 0.25) is 0 Å². The van der Waals surface area contributed by atoms with Gasteiger partial charge in [-0.2, -0.15) is 4.68 Å². The second kappa shape index (κ2) is 6.66. The van der Waals surface area contributed by atoms with Gasteiger partial charge in [0.15, 0.2) is 5.82 Å². The predicted molar refractivity (Wildman–Crippen MR) is 87.0 cm³/mol. The molecular weight excluding hydrogens is 360 g/mol. The minimum Gasteiger partial charge on any atom is -0.342 e. The van der Waals surface area contributed by atoms with E-state index in [1.807, 2.05) is 31.2 Å². The molecule has 8 heteroatoms. The van der Waals surface area contributed by atoms with Gasteiger partial charge in [0.1, 0.15) is 0 Å². The van der Waals surface area contributed by atoms with Crippen LogP contribution in [0.1, 0.15) is 29.1 Å². The summed E-state index contributed by atoms with van der Waals surface area (Å²) in [7, 11) is 0. The molecule has 0 radical (unpaired) electrons. The summed E-state index contributed by atoms with van der Waals surface area (Å²) in [6, 6.07) is 10.6. The van der Waals surface area contributed by atoms with Crippen molar-refractivity contribution in [3.63, 3.8) is 0 Å². The highest BCUT2D eigenvalue weighted by Gasteiger charge is 2.18. The maximum Gasteiger partial charge on any atom is 0.253 e. The zero-order chi connectivity index (χ0) is 16.2. The number of benzene rings is 1. The minimum absolute atomic E-state index is 0.226. The van der Waals surface area contributed by atoms with Gasteiger partial charge < -0.3 is 5.32 Å². The third-order valence-electron chi connectivity index (χ3n) is 3.22. The molecule has 0 spiro atoms. The summed E-state index contributed by atoms with van der Waals surface area (Å²) in [5.74, 6) is 0.320. The maximum absolute atomic E-state index is 12.2. The molecule has 0 aliphatic rings. The SMILES string of the molecule is CC(NC(=O)c1cccnc1)c1nnnn1-c1ccc(Br)cc1. The number of amides is 1. The average molecular weight is 373 g/mol. The largest absolute Gasteiger partial charge is 0.342 e. The third kappa shape index (κ3) is 3.42. The predicted octanol–water partition coefficient (Wildman–Crippen LogP) is 2.31. The number of nitrogens with one attached hydrogen (secondary N) is 1. The molecule has 0 fully saturated rings. The van der Waals surface area contributed by atoms with Crippen molar-refractivity contribution in [3.05, 3.63) is 64.7 Å². The summed E-state index contributed by atoms with van der Waals surface area (Å²) in [5.41, 5.74) is 1.30. The molecule has 7 nitrogen and oxygen atoms in total. The molecule has 1 atom stereocenters. The first-order chi connectivity index (χ1) is 11.1. The molecule has 1 amide bonds. The molecule has 3 rings (SSSR count). The Balaban J connectivity index is 1.81. The Labute approximate surface area is 140 Å². The quantitative estimate of drug-likeness (QED) is 0.759. The fourth-order valence-corrected chi connectivity index (χ4v) is 2.34. The number of nitrogens with zero attached hydrogens (tertiary/aromatic N) is 5. The number of tetrazole rings is 1. The van der Waals surface area contributed by atoms with Gasteiger partial charge in [0.25, 0.3) is 5.91 Å². The van der Waals surface area contributed by atoms with E-state index in [1.165, 1.54) is 6.20 Å². The van der Waals surface area contributed by atoms with Crippen LogP contribution >= 0.6 is 15.9 Å². The van der Waals surface area contributed by atoms with Crippen LogP contribution in [0.15, 0.2) is 53.3 Å². The second-order valence-electron chi connectivity index (χ2n) is 4.86. The molecule has 0 aliphatic heterocycles. The van der Waals surface area contributed by atoms with Crippen molar-refractivity contribution in [3.8, 4) is 5.69 Å². The summed E-state index contributed by atoms with van der Waals surface area (Å²) in [6.45, 7) is 1.83. The van der Waals surface area contributed by atoms with Gasteiger partial charge in [-0.25, -0.2) is 0 Å². The third-order valence-corrected chi connectivity index (χ3v) is 3.75. The summed E-state index contributed by atoms with van der Waals surface area (Å²) in [6.07, 6.45) is 3.13. The Morgan fingerprint density at radius 2 is 2.04 bits per heavy atom. The Bertz CT molecular complexity index is 802. The van der Waals surface area contributed by atoms with E-state index in [0.29, 0.717) is 11.4 Å². The van der Waals surface area contributed by atoms with Crippen molar-refractivity contribution in [2.45, 2.75) is 13.0 Å². The highest BCUT2D eigenvalue weighted by Crippen LogP contribution is 2.17. The fraction of sp³-hybridized carbons (Fsp3) is 0.133. The normalized spacial score (nSPS) is 11.9. The number of pyridine rings is 1. The lowest BCUT2D eigenvalue weighted by atomic mass is 10.2. The van der Waals surface area contributed by atoms with Gasteiger partial charge in [-0.1, -0.05) is 15.9 Å². The van der Waals surface area contributed by atoms with Crippen LogP contribution in [0, 0.1) is 0 Å². The van der Waals surface area contributed by atoms with Gasteiger partial charge in [0.05, 0.1) is 17.3 Å². The van der Waals surface area contributed by atoms with E-state index < -0.39 is 0 Å². The smallest absolute Gasteiger partial charge is 0.253 e. The van der Waals surface area contributed by atoms with Gasteiger partial charge in [-0.3, -0.25) is 9.78 Å². The van der Waals surface area contributed by atoms with E-state index in [0.717, 1.165) is 10.2 Å². The number of hydrogen-bond acceptors (Lipinski definition) is 5. The van der Waals surface area contributed by atoms with Crippen molar-refractivity contribution in [1.82, 2.24) is 30.5 Å². The molecule has 1 unspecified atom stereocenters. The van der Waals surface area contributed by atoms with Gasteiger partial charge >= 0.3 is 0 Å². The first kappa shape index (κ1) is 15.3. The lowest BCUT2D eigenvalue weighted by Gasteiger charge is -2.13. The number of hydrogen-bond donors (Lipinski definition) is 1. The van der Waals surface area contributed by atoms with Crippen LogP contribution in [-0.4, -0.2) is 31.1 Å². The van der Waals surface area contributed by atoms with Crippen LogP contribution in [0.25, 0.3) is 5.69 Å². The Hall–Kier alpha value is -2.61. The highest BCUT2D eigenvalue weighted by molar-refractivity contribution is 9.10.